The molecule has 0 amide bonds. The van der Waals surface area contributed by atoms with Crippen molar-refractivity contribution in [1.82, 2.24) is 4.57 Å². The summed E-state index contributed by atoms with van der Waals surface area (Å²) in [6.45, 7) is 12.0. The molecule has 0 saturated heterocycles. The Morgan fingerprint density at radius 3 is 2.04 bits per heavy atom. The summed E-state index contributed by atoms with van der Waals surface area (Å²) < 4.78 is 9.37. The molecule has 10 rings (SSSR count). The Labute approximate surface area is 305 Å². The van der Waals surface area contributed by atoms with Crippen molar-refractivity contribution < 1.29 is 4.42 Å². The summed E-state index contributed by atoms with van der Waals surface area (Å²) in [5.41, 5.74) is 13.7. The third kappa shape index (κ3) is 4.37. The van der Waals surface area contributed by atoms with Crippen LogP contribution in [0.1, 0.15) is 25.0 Å². The van der Waals surface area contributed by atoms with E-state index in [-0.39, 0.29) is 5.41 Å². The maximum absolute atomic E-state index is 6.97. The van der Waals surface area contributed by atoms with Crippen molar-refractivity contribution in [2.45, 2.75) is 38.9 Å². The lowest BCUT2D eigenvalue weighted by molar-refractivity contribution is 0.653. The topological polar surface area (TPSA) is 21.3 Å². The first-order valence-corrected chi connectivity index (χ1v) is 21.8. The van der Waals surface area contributed by atoms with E-state index in [1.165, 1.54) is 49.2 Å². The minimum absolute atomic E-state index is 0.212. The minimum Gasteiger partial charge on any atom is -0.455 e. The summed E-state index contributed by atoms with van der Waals surface area (Å²) in [6, 6.07) is 55.6. The van der Waals surface area contributed by atoms with Crippen LogP contribution in [0.25, 0.3) is 60.6 Å². The molecule has 7 aromatic carbocycles. The molecule has 1 aliphatic rings. The summed E-state index contributed by atoms with van der Waals surface area (Å²) in [6.07, 6.45) is 0. The molecule has 52 heavy (non-hydrogen) atoms. The van der Waals surface area contributed by atoms with Gasteiger partial charge in [0.1, 0.15) is 11.2 Å². The van der Waals surface area contributed by atoms with Crippen molar-refractivity contribution in [2.24, 2.45) is 0 Å². The second-order valence-electron chi connectivity index (χ2n) is 15.8. The number of hydrogen-bond donors (Lipinski definition) is 0. The molecule has 2 aromatic heterocycles. The Morgan fingerprint density at radius 2 is 1.25 bits per heavy atom. The zero-order valence-electron chi connectivity index (χ0n) is 30.2. The number of aromatic nitrogens is 1. The molecule has 0 N–H and O–H groups in total. The van der Waals surface area contributed by atoms with Gasteiger partial charge in [0.25, 0.3) is 0 Å². The number of furan rings is 1. The Kier molecular flexibility index (Phi) is 6.59. The SMILES string of the molecule is CC1(C)c2ccccc2-c2c1cc(N(c1ccc([Si](C)(C)C)cc1)c1cccc3c1c1ccccc1n3-c1ccccc1)c1c2oc2ccccc21. The molecule has 0 fully saturated rings. The first-order chi connectivity index (χ1) is 25.2. The molecule has 0 aliphatic heterocycles. The van der Waals surface area contributed by atoms with Crippen molar-refractivity contribution >= 4 is 74.1 Å². The third-order valence-electron chi connectivity index (χ3n) is 11.3. The molecule has 0 bridgehead atoms. The second-order valence-corrected chi connectivity index (χ2v) is 20.9. The lowest BCUT2D eigenvalue weighted by Crippen LogP contribution is -2.37. The van der Waals surface area contributed by atoms with Crippen molar-refractivity contribution in [2.75, 3.05) is 4.90 Å². The monoisotopic (exact) mass is 688 g/mol. The van der Waals surface area contributed by atoms with Crippen LogP contribution < -0.4 is 10.1 Å². The van der Waals surface area contributed by atoms with E-state index in [0.717, 1.165) is 44.7 Å². The minimum atomic E-state index is -1.54. The van der Waals surface area contributed by atoms with Gasteiger partial charge in [-0.15, -0.1) is 0 Å². The van der Waals surface area contributed by atoms with Crippen LogP contribution in [0.15, 0.2) is 156 Å². The number of rotatable bonds is 5. The highest BCUT2D eigenvalue weighted by molar-refractivity contribution is 6.88. The summed E-state index contributed by atoms with van der Waals surface area (Å²) in [5.74, 6) is 0. The maximum Gasteiger partial charge on any atom is 0.145 e. The third-order valence-corrected chi connectivity index (χ3v) is 13.4. The predicted octanol–water partition coefficient (Wildman–Crippen LogP) is 13.0. The van der Waals surface area contributed by atoms with E-state index in [4.69, 9.17) is 4.42 Å². The van der Waals surface area contributed by atoms with E-state index in [0.29, 0.717) is 0 Å². The van der Waals surface area contributed by atoms with Crippen molar-refractivity contribution in [1.29, 1.82) is 0 Å². The van der Waals surface area contributed by atoms with Crippen molar-refractivity contribution in [3.63, 3.8) is 0 Å². The summed E-state index contributed by atoms with van der Waals surface area (Å²) in [7, 11) is -1.54. The number of fused-ring (bicyclic) bond motifs is 10. The van der Waals surface area contributed by atoms with E-state index >= 15 is 0 Å². The average molecular weight is 689 g/mol. The zero-order chi connectivity index (χ0) is 35.4. The zero-order valence-corrected chi connectivity index (χ0v) is 31.2. The van der Waals surface area contributed by atoms with E-state index in [2.05, 4.69) is 195 Å². The van der Waals surface area contributed by atoms with E-state index < -0.39 is 8.07 Å². The van der Waals surface area contributed by atoms with Gasteiger partial charge in [-0.3, -0.25) is 0 Å². The fraction of sp³-hybridized carbons (Fsp3) is 0.125. The van der Waals surface area contributed by atoms with Crippen LogP contribution in [0.4, 0.5) is 17.1 Å². The fourth-order valence-corrected chi connectivity index (χ4v) is 9.93. The molecular formula is C48H40N2OSi. The number of benzene rings is 7. The largest absolute Gasteiger partial charge is 0.455 e. The van der Waals surface area contributed by atoms with Crippen molar-refractivity contribution in [3.05, 3.63) is 163 Å². The highest BCUT2D eigenvalue weighted by atomic mass is 28.3. The Morgan fingerprint density at radius 1 is 0.577 bits per heavy atom. The second kappa shape index (κ2) is 11.1. The number of anilines is 3. The molecule has 0 radical (unpaired) electrons. The smallest absolute Gasteiger partial charge is 0.145 e. The van der Waals surface area contributed by atoms with Crippen LogP contribution >= 0.6 is 0 Å². The van der Waals surface area contributed by atoms with Crippen LogP contribution in [0.2, 0.25) is 19.6 Å². The molecule has 1 aliphatic carbocycles. The van der Waals surface area contributed by atoms with Crippen LogP contribution in [0.5, 0.6) is 0 Å². The Bertz CT molecular complexity index is 2850. The summed E-state index contributed by atoms with van der Waals surface area (Å²) >= 11 is 0. The van der Waals surface area contributed by atoms with E-state index in [9.17, 15) is 0 Å². The predicted molar refractivity (Wildman–Crippen MR) is 223 cm³/mol. The summed E-state index contributed by atoms with van der Waals surface area (Å²) in [4.78, 5) is 2.52. The normalized spacial score (nSPS) is 13.6. The molecule has 0 unspecified atom stereocenters. The highest BCUT2D eigenvalue weighted by Gasteiger charge is 2.39. The Hall–Kier alpha value is -5.84. The standard InChI is InChI=1S/C48H40N2OSi/c1-48(2)37-21-12-9-18-34(37)44-38(48)30-42(46-36-20-11-14-25-43(36)51-47(44)46)50(32-26-28-33(29-27-32)52(3,4)5)41-24-15-23-40-45(41)35-19-10-13-22-39(35)49(40)31-16-7-6-8-17-31/h6-30H,1-5H3. The van der Waals surface area contributed by atoms with Gasteiger partial charge in [0.15, 0.2) is 0 Å². The van der Waals surface area contributed by atoms with Crippen LogP contribution in [-0.4, -0.2) is 12.6 Å². The quantitative estimate of drug-likeness (QED) is 0.168. The highest BCUT2D eigenvalue weighted by Crippen LogP contribution is 2.56. The van der Waals surface area contributed by atoms with Gasteiger partial charge in [0, 0.05) is 38.5 Å². The van der Waals surface area contributed by atoms with Gasteiger partial charge in [-0.25, -0.2) is 0 Å². The summed E-state index contributed by atoms with van der Waals surface area (Å²) in [5, 5.41) is 6.16. The van der Waals surface area contributed by atoms with Gasteiger partial charge in [-0.05, 0) is 71.3 Å². The van der Waals surface area contributed by atoms with Gasteiger partial charge >= 0.3 is 0 Å². The number of para-hydroxylation sites is 3. The molecule has 3 nitrogen and oxygen atoms in total. The molecule has 0 saturated carbocycles. The van der Waals surface area contributed by atoms with Gasteiger partial charge in [-0.2, -0.15) is 0 Å². The first kappa shape index (κ1) is 30.9. The fourth-order valence-electron chi connectivity index (χ4n) is 8.77. The van der Waals surface area contributed by atoms with Crippen LogP contribution in [0.3, 0.4) is 0 Å². The Balaban J connectivity index is 1.36. The van der Waals surface area contributed by atoms with E-state index in [1.807, 2.05) is 0 Å². The molecule has 9 aromatic rings. The van der Waals surface area contributed by atoms with Gasteiger partial charge < -0.3 is 13.9 Å². The molecule has 0 atom stereocenters. The molecular weight excluding hydrogens is 649 g/mol. The van der Waals surface area contributed by atoms with Gasteiger partial charge in [0.05, 0.1) is 35.9 Å². The lowest BCUT2D eigenvalue weighted by Gasteiger charge is -2.30. The molecule has 252 valence electrons. The molecule has 0 spiro atoms. The lowest BCUT2D eigenvalue weighted by atomic mass is 9.82. The van der Waals surface area contributed by atoms with Gasteiger partial charge in [-0.1, -0.05) is 136 Å². The first-order valence-electron chi connectivity index (χ1n) is 18.3. The van der Waals surface area contributed by atoms with E-state index in [1.54, 1.807) is 0 Å². The number of hydrogen-bond acceptors (Lipinski definition) is 2. The maximum atomic E-state index is 6.97. The number of nitrogens with zero attached hydrogens (tertiary/aromatic N) is 2. The van der Waals surface area contributed by atoms with Crippen LogP contribution in [0, 0.1) is 0 Å². The van der Waals surface area contributed by atoms with Gasteiger partial charge in [0.2, 0.25) is 0 Å². The van der Waals surface area contributed by atoms with Crippen molar-refractivity contribution in [3.8, 4) is 16.8 Å². The molecule has 2 heterocycles. The van der Waals surface area contributed by atoms with Crippen LogP contribution in [-0.2, 0) is 5.41 Å². The average Bonchev–Trinajstić information content (AvgIpc) is 3.78. The molecule has 4 heteroatoms.